The highest BCUT2D eigenvalue weighted by Gasteiger charge is 2.70. The van der Waals surface area contributed by atoms with Crippen LogP contribution in [0.4, 0.5) is 0 Å². The zero-order valence-electron chi connectivity index (χ0n) is 19.9. The van der Waals surface area contributed by atoms with Crippen LogP contribution in [0, 0.1) is 11.3 Å². The van der Waals surface area contributed by atoms with E-state index in [2.05, 4.69) is 77.7 Å². The van der Waals surface area contributed by atoms with Crippen LogP contribution < -0.4 is 4.74 Å². The van der Waals surface area contributed by atoms with Crippen LogP contribution in [-0.4, -0.2) is 38.2 Å². The predicted octanol–water partition coefficient (Wildman–Crippen LogP) is 5.16. The van der Waals surface area contributed by atoms with Crippen molar-refractivity contribution in [2.75, 3.05) is 27.3 Å². The number of carbonyl (C=O) groups is 1. The quantitative estimate of drug-likeness (QED) is 0.500. The molecule has 4 atom stereocenters. The minimum absolute atomic E-state index is 0.0560. The standard InChI is InChI=1S/C30H31NO3/c1-33-23-12-8-11-22(17-23)29-16-15-26(24-13-6-7-14-25(24)29)30(28(32)34-2)20-31(19-27(29)30)18-21-9-4-3-5-10-21/h3-14,17,26-27H,15-16,18-20H2,1-2H3. The van der Waals surface area contributed by atoms with Gasteiger partial charge in [-0.2, -0.15) is 0 Å². The van der Waals surface area contributed by atoms with Crippen molar-refractivity contribution in [3.8, 4) is 5.75 Å². The van der Waals surface area contributed by atoms with E-state index in [0.717, 1.165) is 38.2 Å². The van der Waals surface area contributed by atoms with Crippen molar-refractivity contribution in [1.82, 2.24) is 4.90 Å². The van der Waals surface area contributed by atoms with Crippen molar-refractivity contribution >= 4 is 5.97 Å². The first-order valence-electron chi connectivity index (χ1n) is 12.2. The number of methoxy groups -OCH3 is 2. The van der Waals surface area contributed by atoms with E-state index in [4.69, 9.17) is 9.47 Å². The number of ether oxygens (including phenoxy) is 2. The van der Waals surface area contributed by atoms with Gasteiger partial charge in [0.05, 0.1) is 19.6 Å². The second-order valence-electron chi connectivity index (χ2n) is 10.1. The van der Waals surface area contributed by atoms with Gasteiger partial charge in [0, 0.05) is 36.9 Å². The van der Waals surface area contributed by atoms with Crippen molar-refractivity contribution in [3.05, 3.63) is 101 Å². The highest BCUT2D eigenvalue weighted by molar-refractivity contribution is 5.82. The van der Waals surface area contributed by atoms with Crippen LogP contribution in [0.15, 0.2) is 78.9 Å². The van der Waals surface area contributed by atoms with Crippen LogP contribution in [0.1, 0.15) is 41.0 Å². The Labute approximate surface area is 201 Å². The fraction of sp³-hybridized carbons (Fsp3) is 0.367. The lowest BCUT2D eigenvalue weighted by molar-refractivity contribution is -0.161. The Morgan fingerprint density at radius 2 is 1.79 bits per heavy atom. The van der Waals surface area contributed by atoms with E-state index < -0.39 is 5.41 Å². The van der Waals surface area contributed by atoms with Gasteiger partial charge in [-0.25, -0.2) is 0 Å². The van der Waals surface area contributed by atoms with Crippen molar-refractivity contribution in [3.63, 3.8) is 0 Å². The van der Waals surface area contributed by atoms with E-state index in [1.165, 1.54) is 22.3 Å². The summed E-state index contributed by atoms with van der Waals surface area (Å²) < 4.78 is 11.2. The third-order valence-electron chi connectivity index (χ3n) is 8.81. The molecule has 4 unspecified atom stereocenters. The number of rotatable bonds is 5. The van der Waals surface area contributed by atoms with Crippen molar-refractivity contribution in [2.24, 2.45) is 11.3 Å². The van der Waals surface area contributed by atoms with Gasteiger partial charge in [0.2, 0.25) is 0 Å². The third-order valence-corrected chi connectivity index (χ3v) is 8.81. The molecular weight excluding hydrogens is 422 g/mol. The molecule has 1 heterocycles. The summed E-state index contributed by atoms with van der Waals surface area (Å²) in [6.07, 6.45) is 2.02. The molecule has 7 rings (SSSR count). The molecule has 2 fully saturated rings. The predicted molar refractivity (Wildman–Crippen MR) is 132 cm³/mol. The Morgan fingerprint density at radius 3 is 2.59 bits per heavy atom. The molecule has 0 radical (unpaired) electrons. The van der Waals surface area contributed by atoms with Gasteiger partial charge in [0.1, 0.15) is 5.75 Å². The average molecular weight is 454 g/mol. The molecule has 1 saturated heterocycles. The smallest absolute Gasteiger partial charge is 0.314 e. The van der Waals surface area contributed by atoms with Gasteiger partial charge in [0.15, 0.2) is 0 Å². The maximum Gasteiger partial charge on any atom is 0.314 e. The molecule has 0 aromatic heterocycles. The molecule has 1 aliphatic heterocycles. The van der Waals surface area contributed by atoms with Gasteiger partial charge in [-0.05, 0) is 47.2 Å². The number of fused-ring (bicyclic) bond motifs is 1. The van der Waals surface area contributed by atoms with Crippen LogP contribution in [-0.2, 0) is 21.5 Å². The van der Waals surface area contributed by atoms with E-state index in [9.17, 15) is 4.79 Å². The monoisotopic (exact) mass is 453 g/mol. The summed E-state index contributed by atoms with van der Waals surface area (Å²) in [4.78, 5) is 16.3. The Balaban J connectivity index is 1.55. The molecule has 4 aliphatic rings. The molecule has 0 spiro atoms. The molecule has 4 nitrogen and oxygen atoms in total. The zero-order chi connectivity index (χ0) is 23.3. The second kappa shape index (κ2) is 7.99. The fourth-order valence-electron chi connectivity index (χ4n) is 7.58. The molecule has 0 amide bonds. The number of likely N-dealkylation sites (tertiary alicyclic amines) is 1. The van der Waals surface area contributed by atoms with Crippen LogP contribution in [0.25, 0.3) is 0 Å². The molecule has 34 heavy (non-hydrogen) atoms. The highest BCUT2D eigenvalue weighted by atomic mass is 16.5. The lowest BCUT2D eigenvalue weighted by atomic mass is 9.42. The number of benzene rings is 3. The van der Waals surface area contributed by atoms with E-state index in [1.54, 1.807) is 14.2 Å². The van der Waals surface area contributed by atoms with E-state index in [0.29, 0.717) is 0 Å². The van der Waals surface area contributed by atoms with E-state index >= 15 is 0 Å². The molecule has 0 N–H and O–H groups in total. The number of carbonyl (C=O) groups excluding carboxylic acids is 1. The molecule has 3 aromatic rings. The van der Waals surface area contributed by atoms with Crippen LogP contribution in [0.5, 0.6) is 5.75 Å². The lowest BCUT2D eigenvalue weighted by Gasteiger charge is -2.59. The molecule has 2 bridgehead atoms. The Bertz CT molecular complexity index is 1220. The molecular formula is C30H31NO3. The summed E-state index contributed by atoms with van der Waals surface area (Å²) in [6.45, 7) is 2.43. The first-order chi connectivity index (χ1) is 16.6. The number of hydrogen-bond donors (Lipinski definition) is 0. The Hall–Kier alpha value is -3.11. The molecule has 1 saturated carbocycles. The first-order valence-corrected chi connectivity index (χ1v) is 12.2. The van der Waals surface area contributed by atoms with Crippen LogP contribution >= 0.6 is 0 Å². The summed E-state index contributed by atoms with van der Waals surface area (Å²) in [5.41, 5.74) is 4.42. The fourth-order valence-corrected chi connectivity index (χ4v) is 7.58. The van der Waals surface area contributed by atoms with Gasteiger partial charge < -0.3 is 9.47 Å². The van der Waals surface area contributed by atoms with Gasteiger partial charge in [-0.15, -0.1) is 0 Å². The summed E-state index contributed by atoms with van der Waals surface area (Å²) in [7, 11) is 3.28. The number of hydrogen-bond acceptors (Lipinski definition) is 4. The minimum atomic E-state index is -0.556. The lowest BCUT2D eigenvalue weighted by Crippen LogP contribution is -2.60. The number of nitrogens with zero attached hydrogens (tertiary/aromatic N) is 1. The minimum Gasteiger partial charge on any atom is -0.497 e. The van der Waals surface area contributed by atoms with Crippen molar-refractivity contribution < 1.29 is 14.3 Å². The SMILES string of the molecule is COC(=O)C12CN(Cc3ccccc3)CC1C1(c3cccc(OC)c3)CCC2c2ccccc21. The van der Waals surface area contributed by atoms with Gasteiger partial charge in [0.25, 0.3) is 0 Å². The molecule has 3 aliphatic carbocycles. The first kappa shape index (κ1) is 21.4. The number of esters is 1. The second-order valence-corrected chi connectivity index (χ2v) is 10.1. The van der Waals surface area contributed by atoms with Crippen molar-refractivity contribution in [2.45, 2.75) is 30.7 Å². The summed E-state index contributed by atoms with van der Waals surface area (Å²) in [6, 6.07) is 27.9. The Morgan fingerprint density at radius 1 is 1.00 bits per heavy atom. The summed E-state index contributed by atoms with van der Waals surface area (Å²) in [5.74, 6) is 1.12. The molecule has 3 aromatic carbocycles. The average Bonchev–Trinajstić information content (AvgIpc) is 3.30. The zero-order valence-corrected chi connectivity index (χ0v) is 19.9. The largest absolute Gasteiger partial charge is 0.497 e. The Kier molecular flexibility index (Phi) is 5.03. The summed E-state index contributed by atoms with van der Waals surface area (Å²) in [5, 5.41) is 0. The third kappa shape index (κ3) is 2.84. The highest BCUT2D eigenvalue weighted by Crippen LogP contribution is 2.69. The normalized spacial score (nSPS) is 29.4. The van der Waals surface area contributed by atoms with Gasteiger partial charge >= 0.3 is 5.97 Å². The topological polar surface area (TPSA) is 38.8 Å². The van der Waals surface area contributed by atoms with E-state index in [-0.39, 0.29) is 23.2 Å². The van der Waals surface area contributed by atoms with Gasteiger partial charge in [-0.3, -0.25) is 9.69 Å². The summed E-state index contributed by atoms with van der Waals surface area (Å²) >= 11 is 0. The maximum atomic E-state index is 13.8. The molecule has 4 heteroatoms. The van der Waals surface area contributed by atoms with E-state index in [1.807, 2.05) is 6.07 Å². The van der Waals surface area contributed by atoms with Crippen LogP contribution in [0.3, 0.4) is 0 Å². The molecule has 174 valence electrons. The maximum absolute atomic E-state index is 13.8. The van der Waals surface area contributed by atoms with Crippen molar-refractivity contribution in [1.29, 1.82) is 0 Å². The van der Waals surface area contributed by atoms with Gasteiger partial charge in [-0.1, -0.05) is 66.7 Å². The van der Waals surface area contributed by atoms with Crippen LogP contribution in [0.2, 0.25) is 0 Å².